The minimum Gasteiger partial charge on any atom is -0.465 e. The maximum Gasteiger partial charge on any atom is 0.306 e. The highest BCUT2D eigenvalue weighted by molar-refractivity contribution is 5.95. The highest BCUT2D eigenvalue weighted by atomic mass is 16.5. The third-order valence-corrected chi connectivity index (χ3v) is 11.6. The van der Waals surface area contributed by atoms with Gasteiger partial charge in [0.25, 0.3) is 0 Å². The van der Waals surface area contributed by atoms with E-state index in [0.717, 1.165) is 57.8 Å². The molecule has 0 radical (unpaired) electrons. The molecule has 1 aliphatic carbocycles. The summed E-state index contributed by atoms with van der Waals surface area (Å²) < 4.78 is 5.69. The van der Waals surface area contributed by atoms with Gasteiger partial charge in [0.1, 0.15) is 11.6 Å². The Hall–Kier alpha value is -2.94. The number of esters is 1. The summed E-state index contributed by atoms with van der Waals surface area (Å²) in [5.41, 5.74) is 0. The molecular formula is C45H85N7O7. The molecule has 0 bridgehead atoms. The van der Waals surface area contributed by atoms with Gasteiger partial charge in [0.05, 0.1) is 24.9 Å². The van der Waals surface area contributed by atoms with Crippen LogP contribution in [0, 0.1) is 29.6 Å². The molecule has 1 aliphatic rings. The molecule has 0 aromatic heterocycles. The fraction of sp³-hybridized carbons (Fsp3) is 0.867. The number of hydrogen-bond donors (Lipinski definition) is 3. The fourth-order valence-corrected chi connectivity index (χ4v) is 7.39. The second-order valence-electron chi connectivity index (χ2n) is 17.7. The predicted octanol–water partition coefficient (Wildman–Crippen LogP) is 4.01. The molecule has 0 saturated heterocycles. The number of ether oxygens (including phenoxy) is 1. The Kier molecular flexibility index (Phi) is 29.2. The molecule has 0 aromatic rings. The van der Waals surface area contributed by atoms with E-state index >= 15 is 0 Å². The number of carbonyl (C=O) groups is 6. The monoisotopic (exact) mass is 836 g/mol. The maximum atomic E-state index is 13.8. The maximum absolute atomic E-state index is 13.8. The van der Waals surface area contributed by atoms with Gasteiger partial charge in [-0.1, -0.05) is 59.3 Å². The van der Waals surface area contributed by atoms with Crippen molar-refractivity contribution in [2.45, 2.75) is 117 Å². The summed E-state index contributed by atoms with van der Waals surface area (Å²) in [5, 5.41) is 8.69. The second-order valence-corrected chi connectivity index (χ2v) is 17.7. The molecule has 342 valence electrons. The Morgan fingerprint density at radius 1 is 0.559 bits per heavy atom. The van der Waals surface area contributed by atoms with Crippen molar-refractivity contribution in [3.8, 4) is 0 Å². The van der Waals surface area contributed by atoms with Crippen LogP contribution >= 0.6 is 0 Å². The molecule has 3 unspecified atom stereocenters. The quantitative estimate of drug-likeness (QED) is 0.0635. The first kappa shape index (κ1) is 54.1. The Bertz CT molecular complexity index is 1220. The van der Waals surface area contributed by atoms with Crippen LogP contribution in [-0.2, 0) is 33.5 Å². The number of amides is 3. The van der Waals surface area contributed by atoms with Crippen molar-refractivity contribution in [2.75, 3.05) is 108 Å². The molecule has 0 spiro atoms. The van der Waals surface area contributed by atoms with Crippen LogP contribution in [0.3, 0.4) is 0 Å². The van der Waals surface area contributed by atoms with Crippen LogP contribution in [0.15, 0.2) is 0 Å². The lowest BCUT2D eigenvalue weighted by Crippen LogP contribution is -2.41. The highest BCUT2D eigenvalue weighted by Crippen LogP contribution is 2.32. The fourth-order valence-electron chi connectivity index (χ4n) is 7.39. The zero-order chi connectivity index (χ0) is 44.2. The smallest absolute Gasteiger partial charge is 0.306 e. The Morgan fingerprint density at radius 3 is 1.59 bits per heavy atom. The Labute approximate surface area is 358 Å². The summed E-state index contributed by atoms with van der Waals surface area (Å²) >= 11 is 0. The molecule has 3 atom stereocenters. The van der Waals surface area contributed by atoms with Crippen molar-refractivity contribution in [1.82, 2.24) is 35.6 Å². The van der Waals surface area contributed by atoms with E-state index in [-0.39, 0.29) is 55.5 Å². The van der Waals surface area contributed by atoms with Crippen molar-refractivity contribution >= 4 is 35.3 Å². The van der Waals surface area contributed by atoms with Crippen molar-refractivity contribution < 1.29 is 33.5 Å². The summed E-state index contributed by atoms with van der Waals surface area (Å²) in [6, 6.07) is 0. The first-order valence-corrected chi connectivity index (χ1v) is 22.8. The minimum absolute atomic E-state index is 0.0688. The van der Waals surface area contributed by atoms with Gasteiger partial charge in [-0.25, -0.2) is 0 Å². The first-order chi connectivity index (χ1) is 28.1. The summed E-state index contributed by atoms with van der Waals surface area (Å²) in [6.45, 7) is 12.2. The van der Waals surface area contributed by atoms with Gasteiger partial charge < -0.3 is 40.3 Å². The standard InChI is InChI=1S/C45H85N7O7/c1-10-13-15-35-16-18-36(19-17-35)34-59-43(56)33-37(12-3)41(54)31-38(44(57)48-22-24-52(9)28-26-50(6)7)29-40(53)30-39(45(58)47-20-14-11-2)32-42(55)46-21-23-51(8)27-25-49(4)5/h35-39H,10-34H2,1-9H3,(H,46,55)(H,47,58)(H,48,57). The number of hydrogen-bond acceptors (Lipinski definition) is 11. The van der Waals surface area contributed by atoms with E-state index < -0.39 is 29.6 Å². The van der Waals surface area contributed by atoms with Crippen LogP contribution in [0.4, 0.5) is 0 Å². The van der Waals surface area contributed by atoms with E-state index in [2.05, 4.69) is 42.5 Å². The second kappa shape index (κ2) is 31.9. The number of Topliss-reactive ketones (excluding diaryl/α,β-unsaturated/α-hetero) is 2. The predicted molar refractivity (Wildman–Crippen MR) is 236 cm³/mol. The Morgan fingerprint density at radius 2 is 1.07 bits per heavy atom. The molecular weight excluding hydrogens is 751 g/mol. The third-order valence-electron chi connectivity index (χ3n) is 11.6. The number of rotatable bonds is 34. The average molecular weight is 836 g/mol. The van der Waals surface area contributed by atoms with Gasteiger partial charge in [0.2, 0.25) is 17.7 Å². The number of likely N-dealkylation sites (N-methyl/N-ethyl adjacent to an activating group) is 4. The highest BCUT2D eigenvalue weighted by Gasteiger charge is 2.32. The van der Waals surface area contributed by atoms with Crippen LogP contribution < -0.4 is 16.0 Å². The van der Waals surface area contributed by atoms with Crippen LogP contribution in [0.2, 0.25) is 0 Å². The summed E-state index contributed by atoms with van der Waals surface area (Å²) in [6.07, 6.45) is 9.27. The van der Waals surface area contributed by atoms with Crippen molar-refractivity contribution in [2.24, 2.45) is 29.6 Å². The molecule has 0 aliphatic heterocycles. The normalized spacial score (nSPS) is 17.2. The molecule has 59 heavy (non-hydrogen) atoms. The number of nitrogens with one attached hydrogen (secondary N) is 3. The first-order valence-electron chi connectivity index (χ1n) is 22.8. The van der Waals surface area contributed by atoms with Crippen molar-refractivity contribution in [3.63, 3.8) is 0 Å². The number of carbonyl (C=O) groups excluding carboxylic acids is 6. The molecule has 0 aromatic carbocycles. The number of nitrogens with zero attached hydrogens (tertiary/aromatic N) is 4. The van der Waals surface area contributed by atoms with E-state index in [1.807, 2.05) is 56.1 Å². The van der Waals surface area contributed by atoms with E-state index in [9.17, 15) is 28.8 Å². The van der Waals surface area contributed by atoms with E-state index in [0.29, 0.717) is 51.7 Å². The van der Waals surface area contributed by atoms with Gasteiger partial charge in [0, 0.05) is 90.5 Å². The number of unbranched alkanes of at least 4 members (excludes halogenated alkanes) is 2. The van der Waals surface area contributed by atoms with Gasteiger partial charge in [-0.05, 0) is 79.8 Å². The lowest BCUT2D eigenvalue weighted by atomic mass is 9.80. The molecule has 3 amide bonds. The van der Waals surface area contributed by atoms with E-state index in [4.69, 9.17) is 4.74 Å². The van der Waals surface area contributed by atoms with Crippen molar-refractivity contribution in [3.05, 3.63) is 0 Å². The topological polar surface area (TPSA) is 161 Å². The van der Waals surface area contributed by atoms with Gasteiger partial charge in [0.15, 0.2) is 0 Å². The summed E-state index contributed by atoms with van der Waals surface area (Å²) in [7, 11) is 11.9. The van der Waals surface area contributed by atoms with Crippen LogP contribution in [-0.4, -0.2) is 163 Å². The van der Waals surface area contributed by atoms with Gasteiger partial charge in [-0.15, -0.1) is 0 Å². The van der Waals surface area contributed by atoms with E-state index in [1.165, 1.54) is 32.1 Å². The molecule has 14 nitrogen and oxygen atoms in total. The zero-order valence-corrected chi connectivity index (χ0v) is 38.7. The molecule has 3 N–H and O–H groups in total. The lowest BCUT2D eigenvalue weighted by Gasteiger charge is -2.28. The zero-order valence-electron chi connectivity index (χ0n) is 38.7. The third kappa shape index (κ3) is 26.1. The summed E-state index contributed by atoms with van der Waals surface area (Å²) in [5.74, 6) is -3.60. The minimum atomic E-state index is -0.981. The largest absolute Gasteiger partial charge is 0.465 e. The lowest BCUT2D eigenvalue weighted by molar-refractivity contribution is -0.148. The molecule has 1 fully saturated rings. The molecule has 0 heterocycles. The summed E-state index contributed by atoms with van der Waals surface area (Å²) in [4.78, 5) is 89.0. The SMILES string of the molecule is CCCCNC(=O)C(CC(=O)CC(CC(=O)C(CC)CC(=O)OCC1CCC(CCCC)CC1)C(=O)NCCN(C)CCN(C)C)CC(=O)NCCN(C)CCN(C)C. The van der Waals surface area contributed by atoms with Gasteiger partial charge in [-0.3, -0.25) is 28.8 Å². The number of ketones is 2. The van der Waals surface area contributed by atoms with Gasteiger partial charge >= 0.3 is 5.97 Å². The Balaban J connectivity index is 3.00. The van der Waals surface area contributed by atoms with Crippen LogP contribution in [0.5, 0.6) is 0 Å². The van der Waals surface area contributed by atoms with Crippen LogP contribution in [0.25, 0.3) is 0 Å². The molecule has 14 heteroatoms. The average Bonchev–Trinajstić information content (AvgIpc) is 3.19. The van der Waals surface area contributed by atoms with E-state index in [1.54, 1.807) is 0 Å². The molecule has 1 rings (SSSR count). The van der Waals surface area contributed by atoms with Gasteiger partial charge in [-0.2, -0.15) is 0 Å². The van der Waals surface area contributed by atoms with Crippen LogP contribution in [0.1, 0.15) is 117 Å². The van der Waals surface area contributed by atoms with Crippen molar-refractivity contribution in [1.29, 1.82) is 0 Å². The molecule has 1 saturated carbocycles.